The van der Waals surface area contributed by atoms with E-state index in [9.17, 15) is 14.4 Å². The number of nitrogens with zero attached hydrogens (tertiary/aromatic N) is 2. The van der Waals surface area contributed by atoms with Gasteiger partial charge in [-0.05, 0) is 42.5 Å². The number of thioether (sulfide) groups is 1. The third-order valence-corrected chi connectivity index (χ3v) is 8.62. The van der Waals surface area contributed by atoms with Crippen molar-refractivity contribution in [2.24, 2.45) is 11.8 Å². The van der Waals surface area contributed by atoms with Crippen molar-refractivity contribution in [3.05, 3.63) is 64.7 Å². The lowest BCUT2D eigenvalue weighted by Crippen LogP contribution is -2.55. The number of fused-ring (bicyclic) bond motifs is 4. The number of nitrogens with one attached hydrogen (secondary N) is 1. The largest absolute Gasteiger partial charge is 0.306 e. The average Bonchev–Trinajstić information content (AvgIpc) is 3.42. The minimum absolute atomic E-state index is 0.140. The molecule has 3 heterocycles. The third-order valence-electron chi connectivity index (χ3n) is 7.61. The molecule has 0 unspecified atom stereocenters. The molecule has 35 heavy (non-hydrogen) atoms. The fraction of sp³-hybridized carbons (Fsp3) is 0.444. The molecule has 0 aromatic heterocycles. The number of likely N-dealkylation sites (tertiary alicyclic amines) is 1. The quantitative estimate of drug-likeness (QED) is 0.538. The molecule has 6 nitrogen and oxygen atoms in total. The Kier molecular flexibility index (Phi) is 6.68. The number of rotatable bonds is 8. The number of hydrogen-bond donors (Lipinski definition) is 1. The zero-order chi connectivity index (χ0) is 24.7. The van der Waals surface area contributed by atoms with E-state index in [1.165, 1.54) is 4.90 Å². The minimum atomic E-state index is -1.25. The second-order valence-corrected chi connectivity index (χ2v) is 10.9. The van der Waals surface area contributed by atoms with Gasteiger partial charge >= 0.3 is 0 Å². The molecule has 2 aromatic carbocycles. The van der Waals surface area contributed by atoms with Crippen molar-refractivity contribution in [1.29, 1.82) is 0 Å². The molecular formula is C27H30ClN3O3S. The van der Waals surface area contributed by atoms with E-state index in [4.69, 9.17) is 11.6 Å². The van der Waals surface area contributed by atoms with E-state index >= 15 is 0 Å². The van der Waals surface area contributed by atoms with E-state index in [1.807, 2.05) is 61.7 Å². The van der Waals surface area contributed by atoms with Gasteiger partial charge in [0.15, 0.2) is 0 Å². The van der Waals surface area contributed by atoms with E-state index in [0.29, 0.717) is 24.5 Å². The maximum Gasteiger partial charge on any atom is 0.253 e. The summed E-state index contributed by atoms with van der Waals surface area (Å²) in [4.78, 5) is 44.9. The van der Waals surface area contributed by atoms with Gasteiger partial charge in [0, 0.05) is 28.9 Å². The summed E-state index contributed by atoms with van der Waals surface area (Å²) in [6, 6.07) is 14.9. The maximum absolute atomic E-state index is 14.4. The number of anilines is 1. The molecule has 3 aliphatic heterocycles. The van der Waals surface area contributed by atoms with Gasteiger partial charge in [-0.3, -0.25) is 24.6 Å². The summed E-state index contributed by atoms with van der Waals surface area (Å²) < 4.78 is 0. The van der Waals surface area contributed by atoms with Crippen molar-refractivity contribution in [2.45, 2.75) is 44.3 Å². The Bertz CT molecular complexity index is 1170. The molecule has 2 fully saturated rings. The number of imide groups is 1. The van der Waals surface area contributed by atoms with Gasteiger partial charge in [-0.25, -0.2) is 0 Å². The maximum atomic E-state index is 14.4. The van der Waals surface area contributed by atoms with Crippen LogP contribution in [-0.4, -0.2) is 47.2 Å². The first-order valence-corrected chi connectivity index (χ1v) is 14.0. The van der Waals surface area contributed by atoms with Gasteiger partial charge in [-0.2, -0.15) is 11.8 Å². The number of unbranched alkanes of at least 4 members (excludes halogenated alkanes) is 1. The number of halogens is 1. The third kappa shape index (κ3) is 3.71. The van der Waals surface area contributed by atoms with Crippen LogP contribution in [0.15, 0.2) is 48.5 Å². The standard InChI is InChI=1S/C27H30ClN3O3S/c1-3-4-14-30-24(32)22-20(13-15-35-2)29-27(23(22)25(30)33)18-10-6-8-12-21(18)31(26(27)34)16-17-9-5-7-11-19(17)28/h5-12,20,22-23,29H,3-4,13-16H2,1-2H3/t20-,22+,23+,27-/m1/s1. The molecule has 5 rings (SSSR count). The molecule has 0 aliphatic carbocycles. The van der Waals surface area contributed by atoms with Crippen LogP contribution in [0.3, 0.4) is 0 Å². The van der Waals surface area contributed by atoms with Crippen LogP contribution in [0, 0.1) is 11.8 Å². The van der Waals surface area contributed by atoms with Crippen LogP contribution in [-0.2, 0) is 26.5 Å². The van der Waals surface area contributed by atoms with Gasteiger partial charge in [0.2, 0.25) is 11.8 Å². The molecule has 184 valence electrons. The van der Waals surface area contributed by atoms with Crippen LogP contribution < -0.4 is 10.2 Å². The summed E-state index contributed by atoms with van der Waals surface area (Å²) in [6.07, 6.45) is 4.39. The average molecular weight is 512 g/mol. The van der Waals surface area contributed by atoms with Gasteiger partial charge in [0.1, 0.15) is 5.54 Å². The monoisotopic (exact) mass is 511 g/mol. The number of hydrogen-bond acceptors (Lipinski definition) is 5. The van der Waals surface area contributed by atoms with Gasteiger partial charge in [-0.1, -0.05) is 61.3 Å². The fourth-order valence-electron chi connectivity index (χ4n) is 5.99. The highest BCUT2D eigenvalue weighted by Crippen LogP contribution is 2.55. The van der Waals surface area contributed by atoms with Crippen molar-refractivity contribution in [1.82, 2.24) is 10.2 Å². The summed E-state index contributed by atoms with van der Waals surface area (Å²) in [5, 5.41) is 4.16. The number of carbonyl (C=O) groups excluding carboxylic acids is 3. The molecule has 1 N–H and O–H groups in total. The Hall–Kier alpha value is -2.35. The molecule has 3 aliphatic rings. The van der Waals surface area contributed by atoms with Crippen molar-refractivity contribution in [3.8, 4) is 0 Å². The Balaban J connectivity index is 1.61. The van der Waals surface area contributed by atoms with E-state index in [-0.39, 0.29) is 23.8 Å². The van der Waals surface area contributed by atoms with Crippen LogP contribution in [0.25, 0.3) is 0 Å². The predicted molar refractivity (Wildman–Crippen MR) is 139 cm³/mol. The highest BCUT2D eigenvalue weighted by molar-refractivity contribution is 7.98. The fourth-order valence-corrected chi connectivity index (χ4v) is 6.68. The molecule has 0 bridgehead atoms. The van der Waals surface area contributed by atoms with Crippen LogP contribution >= 0.6 is 23.4 Å². The summed E-state index contributed by atoms with van der Waals surface area (Å²) in [7, 11) is 0. The molecule has 2 aromatic rings. The van der Waals surface area contributed by atoms with Crippen LogP contribution in [0.1, 0.15) is 37.3 Å². The van der Waals surface area contributed by atoms with Gasteiger partial charge in [0.25, 0.3) is 5.91 Å². The second-order valence-electron chi connectivity index (χ2n) is 9.53. The molecule has 0 radical (unpaired) electrons. The Morgan fingerprint density at radius 1 is 1.03 bits per heavy atom. The molecule has 1 spiro atoms. The van der Waals surface area contributed by atoms with Crippen molar-refractivity contribution < 1.29 is 14.4 Å². The first kappa shape index (κ1) is 24.3. The number of benzene rings is 2. The second kappa shape index (κ2) is 9.60. The molecule has 2 saturated heterocycles. The normalized spacial score (nSPS) is 27.3. The smallest absolute Gasteiger partial charge is 0.253 e. The number of carbonyl (C=O) groups is 3. The molecule has 8 heteroatoms. The van der Waals surface area contributed by atoms with E-state index in [0.717, 1.165) is 35.4 Å². The zero-order valence-electron chi connectivity index (χ0n) is 20.0. The first-order valence-electron chi connectivity index (χ1n) is 12.2. The lowest BCUT2D eigenvalue weighted by Gasteiger charge is -2.30. The summed E-state index contributed by atoms with van der Waals surface area (Å²) in [5.41, 5.74) is 1.12. The molecular weight excluding hydrogens is 482 g/mol. The number of amides is 3. The summed E-state index contributed by atoms with van der Waals surface area (Å²) in [6.45, 7) is 2.75. The predicted octanol–water partition coefficient (Wildman–Crippen LogP) is 4.21. The molecule has 3 amide bonds. The van der Waals surface area contributed by atoms with Crippen LogP contribution in [0.4, 0.5) is 5.69 Å². The lowest BCUT2D eigenvalue weighted by atomic mass is 9.76. The van der Waals surface area contributed by atoms with E-state index < -0.39 is 17.4 Å². The van der Waals surface area contributed by atoms with Crippen LogP contribution in [0.5, 0.6) is 0 Å². The van der Waals surface area contributed by atoms with E-state index in [2.05, 4.69) is 5.32 Å². The highest BCUT2D eigenvalue weighted by Gasteiger charge is 2.71. The van der Waals surface area contributed by atoms with Crippen molar-refractivity contribution in [2.75, 3.05) is 23.5 Å². The molecule has 4 atom stereocenters. The number of para-hydroxylation sites is 1. The Morgan fingerprint density at radius 3 is 2.51 bits per heavy atom. The zero-order valence-corrected chi connectivity index (χ0v) is 21.6. The minimum Gasteiger partial charge on any atom is -0.306 e. The van der Waals surface area contributed by atoms with Crippen LogP contribution in [0.2, 0.25) is 5.02 Å². The topological polar surface area (TPSA) is 69.7 Å². The summed E-state index contributed by atoms with van der Waals surface area (Å²) >= 11 is 8.15. The Morgan fingerprint density at radius 2 is 1.77 bits per heavy atom. The Labute approximate surface area is 215 Å². The van der Waals surface area contributed by atoms with Gasteiger partial charge < -0.3 is 4.90 Å². The SMILES string of the molecule is CCCCN1C(=O)[C@@H]2[C@@H](C1=O)[C@@]1(N[C@@H]2CCSC)C(=O)N(Cc2ccccc2Cl)c2ccccc21. The first-order chi connectivity index (χ1) is 17.0. The molecule has 0 saturated carbocycles. The van der Waals surface area contributed by atoms with Gasteiger partial charge in [-0.15, -0.1) is 0 Å². The van der Waals surface area contributed by atoms with Crippen molar-refractivity contribution in [3.63, 3.8) is 0 Å². The summed E-state index contributed by atoms with van der Waals surface area (Å²) in [5.74, 6) is -0.993. The van der Waals surface area contributed by atoms with E-state index in [1.54, 1.807) is 16.7 Å². The van der Waals surface area contributed by atoms with Gasteiger partial charge in [0.05, 0.1) is 18.4 Å². The highest BCUT2D eigenvalue weighted by atomic mass is 35.5. The van der Waals surface area contributed by atoms with Crippen molar-refractivity contribution >= 4 is 46.8 Å². The lowest BCUT2D eigenvalue weighted by molar-refractivity contribution is -0.143.